The summed E-state index contributed by atoms with van der Waals surface area (Å²) in [5.41, 5.74) is 2.31. The van der Waals surface area contributed by atoms with Crippen molar-refractivity contribution in [2.24, 2.45) is 0 Å². The Balaban J connectivity index is 2.14. The first-order chi connectivity index (χ1) is 7.66. The van der Waals surface area contributed by atoms with Crippen LogP contribution in [0.1, 0.15) is 23.4 Å². The first-order valence-electron chi connectivity index (χ1n) is 5.23. The van der Waals surface area contributed by atoms with Crippen molar-refractivity contribution in [1.82, 2.24) is 4.98 Å². The highest BCUT2D eigenvalue weighted by Gasteiger charge is 2.05. The highest BCUT2D eigenvalue weighted by Crippen LogP contribution is 2.25. The number of hydrogen-bond donors (Lipinski definition) is 1. The number of hydrogen-bond acceptors (Lipinski definition) is 3. The summed E-state index contributed by atoms with van der Waals surface area (Å²) in [6.45, 7) is 2.07. The quantitative estimate of drug-likeness (QED) is 0.844. The van der Waals surface area contributed by atoms with Gasteiger partial charge in [0.2, 0.25) is 0 Å². The van der Waals surface area contributed by atoms with Crippen LogP contribution in [0.15, 0.2) is 18.2 Å². The predicted octanol–water partition coefficient (Wildman–Crippen LogP) is 3.38. The maximum absolute atomic E-state index is 10.7. The number of carbonyl (C=O) groups is 1. The summed E-state index contributed by atoms with van der Waals surface area (Å²) < 4.78 is 1.23. The van der Waals surface area contributed by atoms with E-state index in [0.717, 1.165) is 23.4 Å². The normalized spacial score (nSPS) is 10.9. The average molecular weight is 251 g/mol. The largest absolute Gasteiger partial charge is 0.288 e. The monoisotopic (exact) mass is 251 g/mol. The number of aryl methyl sites for hydroxylation is 2. The molecule has 1 aromatic heterocycles. The molecule has 84 valence electrons. The third-order valence-electron chi connectivity index (χ3n) is 2.45. The van der Waals surface area contributed by atoms with Gasteiger partial charge in [-0.3, -0.25) is 4.79 Å². The van der Waals surface area contributed by atoms with E-state index >= 15 is 0 Å². The van der Waals surface area contributed by atoms with Crippen LogP contribution in [0.3, 0.4) is 0 Å². The molecule has 0 N–H and O–H groups in total. The number of rotatable bonds is 4. The lowest BCUT2D eigenvalue weighted by atomic mass is 10.2. The van der Waals surface area contributed by atoms with Gasteiger partial charge in [0.25, 0.3) is 0 Å². The lowest BCUT2D eigenvalue weighted by Crippen LogP contribution is -1.89. The first-order valence-corrected chi connectivity index (χ1v) is 6.50. The van der Waals surface area contributed by atoms with Crippen LogP contribution in [0.4, 0.5) is 0 Å². The minimum absolute atomic E-state index is 0.0442. The molecule has 2 aromatic rings. The zero-order valence-corrected chi connectivity index (χ0v) is 10.8. The summed E-state index contributed by atoms with van der Waals surface area (Å²) in [7, 11) is 0. The second-order valence-corrected chi connectivity index (χ2v) is 5.39. The van der Waals surface area contributed by atoms with Crippen molar-refractivity contribution in [1.29, 1.82) is 0 Å². The van der Waals surface area contributed by atoms with Crippen LogP contribution in [-0.2, 0) is 11.2 Å². The van der Waals surface area contributed by atoms with Gasteiger partial charge in [0, 0.05) is 6.42 Å². The van der Waals surface area contributed by atoms with E-state index in [1.165, 1.54) is 10.3 Å². The Hall–Kier alpha value is -0.870. The molecule has 0 atom stereocenters. The molecule has 0 amide bonds. The number of thiol groups is 1. The maximum Gasteiger partial charge on any atom is 0.185 e. The van der Waals surface area contributed by atoms with E-state index in [1.807, 2.05) is 0 Å². The van der Waals surface area contributed by atoms with Crippen LogP contribution < -0.4 is 0 Å². The van der Waals surface area contributed by atoms with Crippen molar-refractivity contribution < 1.29 is 4.79 Å². The van der Waals surface area contributed by atoms with Gasteiger partial charge >= 0.3 is 0 Å². The molecule has 2 rings (SSSR count). The summed E-state index contributed by atoms with van der Waals surface area (Å²) in [4.78, 5) is 15.3. The van der Waals surface area contributed by atoms with Gasteiger partial charge in [-0.05, 0) is 31.4 Å². The molecule has 0 fully saturated rings. The van der Waals surface area contributed by atoms with Crippen molar-refractivity contribution in [3.05, 3.63) is 28.8 Å². The van der Waals surface area contributed by atoms with Crippen LogP contribution in [0.5, 0.6) is 0 Å². The van der Waals surface area contributed by atoms with E-state index in [9.17, 15) is 4.79 Å². The van der Waals surface area contributed by atoms with Gasteiger partial charge in [0.1, 0.15) is 0 Å². The number of nitrogens with zero attached hydrogens (tertiary/aromatic N) is 1. The molecule has 0 spiro atoms. The number of aromatic nitrogens is 1. The van der Waals surface area contributed by atoms with Gasteiger partial charge in [-0.2, -0.15) is 0 Å². The number of thiazole rings is 1. The lowest BCUT2D eigenvalue weighted by molar-refractivity contribution is -0.110. The first kappa shape index (κ1) is 11.6. The molecular weight excluding hydrogens is 238 g/mol. The Morgan fingerprint density at radius 2 is 2.31 bits per heavy atom. The van der Waals surface area contributed by atoms with E-state index < -0.39 is 0 Å². The second-order valence-electron chi connectivity index (χ2n) is 3.78. The number of benzene rings is 1. The minimum Gasteiger partial charge on any atom is -0.288 e. The smallest absolute Gasteiger partial charge is 0.185 e. The topological polar surface area (TPSA) is 30.0 Å². The molecule has 1 heterocycles. The van der Waals surface area contributed by atoms with E-state index in [4.69, 9.17) is 0 Å². The molecule has 0 bridgehead atoms. The Kier molecular flexibility index (Phi) is 3.61. The van der Waals surface area contributed by atoms with E-state index in [0.29, 0.717) is 6.42 Å². The molecule has 0 aliphatic carbocycles. The highest BCUT2D eigenvalue weighted by atomic mass is 32.1. The Morgan fingerprint density at radius 1 is 1.50 bits per heavy atom. The molecule has 16 heavy (non-hydrogen) atoms. The van der Waals surface area contributed by atoms with Crippen molar-refractivity contribution in [3.63, 3.8) is 0 Å². The van der Waals surface area contributed by atoms with Crippen LogP contribution in [0.25, 0.3) is 10.2 Å². The lowest BCUT2D eigenvalue weighted by Gasteiger charge is -1.92. The number of fused-ring (bicyclic) bond motifs is 1. The standard InChI is InChI=1S/C12H13NOS2/c1-8-4-2-5-9-12(8)13-10(16-9)6-3-7-11(14)15/h2,4-5H,3,6-7H2,1H3,(H,14,15). The summed E-state index contributed by atoms with van der Waals surface area (Å²) in [6.07, 6.45) is 2.23. The zero-order chi connectivity index (χ0) is 11.5. The number of carbonyl (C=O) groups excluding carboxylic acids is 1. The van der Waals surface area contributed by atoms with Crippen molar-refractivity contribution in [3.8, 4) is 0 Å². The van der Waals surface area contributed by atoms with Gasteiger partial charge in [0.15, 0.2) is 5.12 Å². The zero-order valence-electron chi connectivity index (χ0n) is 9.06. The fourth-order valence-corrected chi connectivity index (χ4v) is 2.88. The van der Waals surface area contributed by atoms with Crippen LogP contribution in [0.2, 0.25) is 0 Å². The summed E-state index contributed by atoms with van der Waals surface area (Å²) in [5.74, 6) is 0. The SMILES string of the molecule is Cc1cccc2sc(CCCC(=O)S)nc12. The Morgan fingerprint density at radius 3 is 3.00 bits per heavy atom. The van der Waals surface area contributed by atoms with Crippen LogP contribution >= 0.6 is 24.0 Å². The van der Waals surface area contributed by atoms with E-state index in [2.05, 4.69) is 42.7 Å². The third kappa shape index (κ3) is 2.62. The fourth-order valence-electron chi connectivity index (χ4n) is 1.63. The van der Waals surface area contributed by atoms with Crippen molar-refractivity contribution in [2.75, 3.05) is 0 Å². The minimum atomic E-state index is -0.0442. The Labute approximate surface area is 104 Å². The fraction of sp³-hybridized carbons (Fsp3) is 0.333. The van der Waals surface area contributed by atoms with Crippen LogP contribution in [-0.4, -0.2) is 10.1 Å². The predicted molar refractivity (Wildman–Crippen MR) is 71.3 cm³/mol. The Bertz CT molecular complexity index is 519. The van der Waals surface area contributed by atoms with E-state index in [-0.39, 0.29) is 5.12 Å². The van der Waals surface area contributed by atoms with Gasteiger partial charge in [0.05, 0.1) is 15.2 Å². The molecule has 0 radical (unpaired) electrons. The summed E-state index contributed by atoms with van der Waals surface area (Å²) in [6, 6.07) is 6.22. The average Bonchev–Trinajstić information content (AvgIpc) is 2.61. The van der Waals surface area contributed by atoms with E-state index in [1.54, 1.807) is 11.3 Å². The third-order valence-corrected chi connectivity index (χ3v) is 3.75. The molecule has 2 nitrogen and oxygen atoms in total. The molecule has 0 saturated heterocycles. The highest BCUT2D eigenvalue weighted by molar-refractivity contribution is 7.96. The molecule has 0 saturated carbocycles. The summed E-state index contributed by atoms with van der Waals surface area (Å²) >= 11 is 5.47. The molecule has 1 aromatic carbocycles. The molecule has 0 aliphatic heterocycles. The van der Waals surface area contributed by atoms with Gasteiger partial charge in [-0.15, -0.1) is 24.0 Å². The number of para-hydroxylation sites is 1. The van der Waals surface area contributed by atoms with Crippen molar-refractivity contribution in [2.45, 2.75) is 26.2 Å². The van der Waals surface area contributed by atoms with Crippen LogP contribution in [0, 0.1) is 6.92 Å². The maximum atomic E-state index is 10.7. The summed E-state index contributed by atoms with van der Waals surface area (Å²) in [5, 5.41) is 1.07. The van der Waals surface area contributed by atoms with Crippen molar-refractivity contribution >= 4 is 39.3 Å². The van der Waals surface area contributed by atoms with Gasteiger partial charge in [-0.25, -0.2) is 4.98 Å². The molecule has 0 aliphatic rings. The molecule has 4 heteroatoms. The van der Waals surface area contributed by atoms with Gasteiger partial charge in [-0.1, -0.05) is 12.1 Å². The molecular formula is C12H13NOS2. The van der Waals surface area contributed by atoms with Gasteiger partial charge < -0.3 is 0 Å². The second kappa shape index (κ2) is 4.97. The molecule has 0 unspecified atom stereocenters.